The highest BCUT2D eigenvalue weighted by Crippen LogP contribution is 2.26. The Bertz CT molecular complexity index is 1220. The minimum atomic E-state index is 0.0961. The summed E-state index contributed by atoms with van der Waals surface area (Å²) in [4.78, 5) is 13.8. The van der Waals surface area contributed by atoms with Gasteiger partial charge >= 0.3 is 0 Å². The Labute approximate surface area is 217 Å². The summed E-state index contributed by atoms with van der Waals surface area (Å²) in [6, 6.07) is 33.7. The summed E-state index contributed by atoms with van der Waals surface area (Å²) in [5.41, 5.74) is 9.03. The first kappa shape index (κ1) is 25.6. The number of carbonyl (C=O) groups is 1. The Balaban J connectivity index is 1.60. The molecule has 0 heterocycles. The lowest BCUT2D eigenvalue weighted by Gasteiger charge is -2.19. The number of ketones is 1. The zero-order valence-corrected chi connectivity index (χ0v) is 22.6. The molecule has 0 saturated carbocycles. The van der Waals surface area contributed by atoms with Gasteiger partial charge in [0.25, 0.3) is 0 Å². The van der Waals surface area contributed by atoms with E-state index in [1.807, 2.05) is 36.4 Å². The molecule has 4 rings (SSSR count). The first-order valence-electron chi connectivity index (χ1n) is 12.9. The second-order valence-corrected chi connectivity index (χ2v) is 11.9. The molecular formula is C35H38O. The monoisotopic (exact) mass is 474 g/mol. The van der Waals surface area contributed by atoms with E-state index in [0.717, 1.165) is 35.1 Å². The fraction of sp³-hybridized carbons (Fsp3) is 0.286. The van der Waals surface area contributed by atoms with Crippen molar-refractivity contribution in [3.05, 3.63) is 142 Å². The smallest absolute Gasteiger partial charge is 0.193 e. The Kier molecular flexibility index (Phi) is 7.31. The molecule has 184 valence electrons. The molecule has 0 spiro atoms. The number of hydrogen-bond acceptors (Lipinski definition) is 1. The van der Waals surface area contributed by atoms with Crippen LogP contribution in [-0.2, 0) is 23.7 Å². The van der Waals surface area contributed by atoms with Crippen molar-refractivity contribution in [2.24, 2.45) is 0 Å². The molecule has 0 aromatic heterocycles. The van der Waals surface area contributed by atoms with Crippen LogP contribution in [0.5, 0.6) is 0 Å². The molecule has 0 unspecified atom stereocenters. The summed E-state index contributed by atoms with van der Waals surface area (Å²) >= 11 is 0. The van der Waals surface area contributed by atoms with Gasteiger partial charge in [-0.05, 0) is 57.1 Å². The normalized spacial score (nSPS) is 11.9. The Hall–Kier alpha value is -3.45. The zero-order chi connectivity index (χ0) is 25.9. The molecule has 0 saturated heterocycles. The quantitative estimate of drug-likeness (QED) is 0.255. The van der Waals surface area contributed by atoms with E-state index in [4.69, 9.17) is 0 Å². The van der Waals surface area contributed by atoms with Gasteiger partial charge in [-0.3, -0.25) is 4.79 Å². The Morgan fingerprint density at radius 3 is 1.17 bits per heavy atom. The molecule has 1 heteroatoms. The van der Waals surface area contributed by atoms with Crippen molar-refractivity contribution in [3.8, 4) is 0 Å². The number of benzene rings is 4. The van der Waals surface area contributed by atoms with Crippen molar-refractivity contribution in [1.29, 1.82) is 0 Å². The van der Waals surface area contributed by atoms with Crippen molar-refractivity contribution >= 4 is 5.78 Å². The van der Waals surface area contributed by atoms with Gasteiger partial charge in [-0.15, -0.1) is 0 Å². The lowest BCUT2D eigenvalue weighted by Crippen LogP contribution is -2.11. The summed E-state index contributed by atoms with van der Waals surface area (Å²) < 4.78 is 0. The maximum absolute atomic E-state index is 13.8. The third-order valence-corrected chi connectivity index (χ3v) is 6.95. The van der Waals surface area contributed by atoms with E-state index in [2.05, 4.69) is 102 Å². The summed E-state index contributed by atoms with van der Waals surface area (Å²) in [6.07, 6.45) is 1.48. The molecule has 0 aliphatic carbocycles. The number of carbonyl (C=O) groups excluding carboxylic acids is 1. The molecule has 0 fully saturated rings. The molecule has 4 aromatic carbocycles. The van der Waals surface area contributed by atoms with Gasteiger partial charge in [0.1, 0.15) is 0 Å². The lowest BCUT2D eigenvalue weighted by molar-refractivity contribution is 0.103. The van der Waals surface area contributed by atoms with Crippen LogP contribution >= 0.6 is 0 Å². The lowest BCUT2D eigenvalue weighted by atomic mass is 9.85. The van der Waals surface area contributed by atoms with Crippen LogP contribution in [0.4, 0.5) is 0 Å². The molecule has 0 bridgehead atoms. The van der Waals surface area contributed by atoms with Crippen molar-refractivity contribution in [3.63, 3.8) is 0 Å². The second kappa shape index (κ2) is 10.3. The highest BCUT2D eigenvalue weighted by molar-refractivity contribution is 6.11. The fourth-order valence-corrected chi connectivity index (χ4v) is 4.62. The van der Waals surface area contributed by atoms with Gasteiger partial charge in [-0.25, -0.2) is 0 Å². The Morgan fingerprint density at radius 1 is 0.500 bits per heavy atom. The van der Waals surface area contributed by atoms with Crippen molar-refractivity contribution in [2.45, 2.75) is 65.2 Å². The average Bonchev–Trinajstić information content (AvgIpc) is 2.84. The van der Waals surface area contributed by atoms with Gasteiger partial charge in [0.15, 0.2) is 5.78 Å². The van der Waals surface area contributed by atoms with Crippen LogP contribution in [0.2, 0.25) is 0 Å². The van der Waals surface area contributed by atoms with Crippen LogP contribution in [0, 0.1) is 0 Å². The molecule has 0 radical (unpaired) electrons. The topological polar surface area (TPSA) is 17.1 Å². The predicted molar refractivity (Wildman–Crippen MR) is 152 cm³/mol. The maximum Gasteiger partial charge on any atom is 0.193 e. The molecule has 1 nitrogen and oxygen atoms in total. The molecule has 36 heavy (non-hydrogen) atoms. The standard InChI is InChI=1S/C35H38O/c1-34(2,3)29-19-15-25(16-20-29)23-27-11-7-9-13-31(27)33(36)32-14-10-8-12-28(32)24-26-17-21-30(22-18-26)35(4,5)6/h7-22H,23-24H2,1-6H3. The minimum absolute atomic E-state index is 0.0961. The van der Waals surface area contributed by atoms with Crippen molar-refractivity contribution in [2.75, 3.05) is 0 Å². The third-order valence-electron chi connectivity index (χ3n) is 6.95. The molecule has 0 amide bonds. The molecule has 4 aromatic rings. The minimum Gasteiger partial charge on any atom is -0.289 e. The number of rotatable bonds is 6. The predicted octanol–water partition coefficient (Wildman–Crippen LogP) is 8.69. The van der Waals surface area contributed by atoms with E-state index in [0.29, 0.717) is 0 Å². The van der Waals surface area contributed by atoms with E-state index < -0.39 is 0 Å². The average molecular weight is 475 g/mol. The molecular weight excluding hydrogens is 436 g/mol. The van der Waals surface area contributed by atoms with Crippen LogP contribution in [0.1, 0.15) is 90.8 Å². The van der Waals surface area contributed by atoms with E-state index in [1.54, 1.807) is 0 Å². The third kappa shape index (κ3) is 6.02. The van der Waals surface area contributed by atoms with Gasteiger partial charge in [0.05, 0.1) is 0 Å². The van der Waals surface area contributed by atoms with Crippen LogP contribution in [0.3, 0.4) is 0 Å². The molecule has 0 N–H and O–H groups in total. The highest BCUT2D eigenvalue weighted by Gasteiger charge is 2.18. The summed E-state index contributed by atoms with van der Waals surface area (Å²) in [6.45, 7) is 13.4. The van der Waals surface area contributed by atoms with Gasteiger partial charge in [-0.1, -0.05) is 139 Å². The van der Waals surface area contributed by atoms with E-state index in [-0.39, 0.29) is 16.6 Å². The van der Waals surface area contributed by atoms with E-state index in [9.17, 15) is 4.79 Å². The summed E-state index contributed by atoms with van der Waals surface area (Å²) in [5, 5.41) is 0. The van der Waals surface area contributed by atoms with Crippen LogP contribution in [0.15, 0.2) is 97.1 Å². The number of hydrogen-bond donors (Lipinski definition) is 0. The van der Waals surface area contributed by atoms with Gasteiger partial charge in [0, 0.05) is 11.1 Å². The van der Waals surface area contributed by atoms with Crippen molar-refractivity contribution < 1.29 is 4.79 Å². The fourth-order valence-electron chi connectivity index (χ4n) is 4.62. The van der Waals surface area contributed by atoms with Gasteiger partial charge in [0.2, 0.25) is 0 Å². The van der Waals surface area contributed by atoms with E-state index >= 15 is 0 Å². The second-order valence-electron chi connectivity index (χ2n) is 11.9. The van der Waals surface area contributed by atoms with Crippen molar-refractivity contribution in [1.82, 2.24) is 0 Å². The zero-order valence-electron chi connectivity index (χ0n) is 22.6. The first-order chi connectivity index (χ1) is 17.0. The summed E-state index contributed by atoms with van der Waals surface area (Å²) in [7, 11) is 0. The van der Waals surface area contributed by atoms with Gasteiger partial charge in [-0.2, -0.15) is 0 Å². The summed E-state index contributed by atoms with van der Waals surface area (Å²) in [5.74, 6) is 0.0961. The SMILES string of the molecule is CC(C)(C)c1ccc(Cc2ccccc2C(=O)c2ccccc2Cc2ccc(C(C)(C)C)cc2)cc1. The largest absolute Gasteiger partial charge is 0.289 e. The van der Waals surface area contributed by atoms with Crippen LogP contribution in [-0.4, -0.2) is 5.78 Å². The molecule has 0 atom stereocenters. The maximum atomic E-state index is 13.8. The first-order valence-corrected chi connectivity index (χ1v) is 12.9. The van der Waals surface area contributed by atoms with Crippen LogP contribution in [0.25, 0.3) is 0 Å². The van der Waals surface area contributed by atoms with E-state index in [1.165, 1.54) is 22.3 Å². The molecule has 0 aliphatic heterocycles. The van der Waals surface area contributed by atoms with Gasteiger partial charge < -0.3 is 0 Å². The molecule has 0 aliphatic rings. The van der Waals surface area contributed by atoms with Crippen LogP contribution < -0.4 is 0 Å². The highest BCUT2D eigenvalue weighted by atomic mass is 16.1. The Morgan fingerprint density at radius 2 is 0.833 bits per heavy atom.